The first-order chi connectivity index (χ1) is 12.7. The molecule has 0 saturated carbocycles. The van der Waals surface area contributed by atoms with Gasteiger partial charge in [0.25, 0.3) is 6.17 Å². The highest BCUT2D eigenvalue weighted by Gasteiger charge is 2.49. The van der Waals surface area contributed by atoms with Gasteiger partial charge in [-0.3, -0.25) is 5.32 Å². The maximum atomic E-state index is 11.9. The number of hydrogen-bond donors (Lipinski definition) is 4. The summed E-state index contributed by atoms with van der Waals surface area (Å²) in [6.45, 7) is 7.20. The number of fused-ring (bicyclic) bond motifs is 1. The van der Waals surface area contributed by atoms with Crippen LogP contribution in [-0.4, -0.2) is 79.5 Å². The minimum atomic E-state index is -0.141. The molecule has 0 amide bonds. The number of hydrogen-bond acceptors (Lipinski definition) is 8. The molecule has 4 rings (SSSR count). The molecule has 4 aliphatic heterocycles. The third-order valence-electron chi connectivity index (χ3n) is 5.70. The SMILES string of the molecule is C[C@H](CNC[C@H]1CCCO1)C1=CN(C2NCNC3C2NC[N+]3=O)CCS1. The Morgan fingerprint density at radius 2 is 2.38 bits per heavy atom. The van der Waals surface area contributed by atoms with Crippen molar-refractivity contribution in [3.05, 3.63) is 16.0 Å². The molecule has 3 fully saturated rings. The van der Waals surface area contributed by atoms with Gasteiger partial charge in [-0.1, -0.05) is 6.92 Å². The van der Waals surface area contributed by atoms with Gasteiger partial charge < -0.3 is 15.0 Å². The van der Waals surface area contributed by atoms with Crippen LogP contribution in [-0.2, 0) is 4.74 Å². The van der Waals surface area contributed by atoms with Crippen molar-refractivity contribution in [2.24, 2.45) is 5.92 Å². The fourth-order valence-corrected chi connectivity index (χ4v) is 5.32. The summed E-state index contributed by atoms with van der Waals surface area (Å²) in [5, 5.41) is 13.7. The normalized spacial score (nSPS) is 36.1. The second kappa shape index (κ2) is 8.53. The van der Waals surface area contributed by atoms with Crippen LogP contribution in [0, 0.1) is 10.8 Å². The number of thioether (sulfide) groups is 1. The molecule has 5 atom stereocenters. The summed E-state index contributed by atoms with van der Waals surface area (Å²) in [5.41, 5.74) is 0. The Bertz CT molecular complexity index is 541. The lowest BCUT2D eigenvalue weighted by atomic mass is 10.1. The van der Waals surface area contributed by atoms with E-state index in [2.05, 4.69) is 39.3 Å². The van der Waals surface area contributed by atoms with Gasteiger partial charge >= 0.3 is 0 Å². The fraction of sp³-hybridized carbons (Fsp3) is 0.882. The molecule has 0 radical (unpaired) electrons. The number of nitroso groups, excluding NO2 is 1. The van der Waals surface area contributed by atoms with Crippen LogP contribution in [0.25, 0.3) is 0 Å². The second-order valence-corrected chi connectivity index (χ2v) is 8.76. The molecular weight excluding hydrogens is 352 g/mol. The van der Waals surface area contributed by atoms with E-state index in [1.165, 1.54) is 17.7 Å². The summed E-state index contributed by atoms with van der Waals surface area (Å²) in [7, 11) is 0. The van der Waals surface area contributed by atoms with Gasteiger partial charge in [-0.2, -0.15) is 0 Å². The fourth-order valence-electron chi connectivity index (χ4n) is 4.21. The van der Waals surface area contributed by atoms with Crippen molar-refractivity contribution in [1.82, 2.24) is 26.2 Å². The smallest absolute Gasteiger partial charge is 0.276 e. The Hall–Kier alpha value is -0.710. The van der Waals surface area contributed by atoms with E-state index in [0.29, 0.717) is 25.4 Å². The zero-order valence-corrected chi connectivity index (χ0v) is 16.3. The van der Waals surface area contributed by atoms with Crippen LogP contribution in [0.3, 0.4) is 0 Å². The van der Waals surface area contributed by atoms with Crippen LogP contribution in [0.15, 0.2) is 11.1 Å². The van der Waals surface area contributed by atoms with Crippen molar-refractivity contribution in [3.63, 3.8) is 0 Å². The van der Waals surface area contributed by atoms with Crippen LogP contribution in [0.1, 0.15) is 19.8 Å². The molecule has 4 aliphatic rings. The summed E-state index contributed by atoms with van der Waals surface area (Å²) in [4.78, 5) is 15.7. The summed E-state index contributed by atoms with van der Waals surface area (Å²) in [5.74, 6) is 1.57. The highest BCUT2D eigenvalue weighted by atomic mass is 32.2. The van der Waals surface area contributed by atoms with E-state index in [0.717, 1.165) is 36.8 Å². The molecule has 9 heteroatoms. The predicted molar refractivity (Wildman–Crippen MR) is 102 cm³/mol. The van der Waals surface area contributed by atoms with Gasteiger partial charge in [-0.05, 0) is 12.8 Å². The van der Waals surface area contributed by atoms with Crippen molar-refractivity contribution in [3.8, 4) is 0 Å². The number of ether oxygens (including phenoxy) is 1. The molecule has 26 heavy (non-hydrogen) atoms. The zero-order chi connectivity index (χ0) is 17.9. The van der Waals surface area contributed by atoms with Crippen LogP contribution < -0.4 is 21.3 Å². The minimum absolute atomic E-state index is 0.106. The molecule has 4 heterocycles. The first kappa shape index (κ1) is 18.6. The van der Waals surface area contributed by atoms with E-state index in [1.54, 1.807) is 0 Å². The number of rotatable bonds is 6. The molecule has 146 valence electrons. The largest absolute Gasteiger partial charge is 0.377 e. The Balaban J connectivity index is 1.33. The third-order valence-corrected chi connectivity index (χ3v) is 6.92. The minimum Gasteiger partial charge on any atom is -0.377 e. The Kier molecular flexibility index (Phi) is 6.12. The van der Waals surface area contributed by atoms with Gasteiger partial charge in [0.1, 0.15) is 12.2 Å². The summed E-state index contributed by atoms with van der Waals surface area (Å²) in [6, 6.07) is 0.106. The van der Waals surface area contributed by atoms with Gasteiger partial charge in [0.05, 0.1) is 12.8 Å². The average Bonchev–Trinajstić information content (AvgIpc) is 3.32. The average molecular weight is 384 g/mol. The molecular formula is C17H31N6O2S+. The summed E-state index contributed by atoms with van der Waals surface area (Å²) >= 11 is 1.96. The van der Waals surface area contributed by atoms with E-state index < -0.39 is 0 Å². The lowest BCUT2D eigenvalue weighted by Crippen LogP contribution is -2.68. The zero-order valence-electron chi connectivity index (χ0n) is 15.4. The molecule has 0 spiro atoms. The molecule has 3 saturated heterocycles. The molecule has 0 aromatic carbocycles. The molecule has 8 nitrogen and oxygen atoms in total. The quantitative estimate of drug-likeness (QED) is 0.470. The van der Waals surface area contributed by atoms with Crippen molar-refractivity contribution in [1.29, 1.82) is 0 Å². The Morgan fingerprint density at radius 1 is 1.46 bits per heavy atom. The Morgan fingerprint density at radius 3 is 3.23 bits per heavy atom. The van der Waals surface area contributed by atoms with Crippen molar-refractivity contribution in [2.75, 3.05) is 45.3 Å². The molecule has 0 aliphatic carbocycles. The van der Waals surface area contributed by atoms with Crippen LogP contribution in [0.5, 0.6) is 0 Å². The van der Waals surface area contributed by atoms with Crippen molar-refractivity contribution >= 4 is 11.8 Å². The Labute approximate surface area is 159 Å². The van der Waals surface area contributed by atoms with Crippen LogP contribution in [0.4, 0.5) is 0 Å². The second-order valence-electron chi connectivity index (χ2n) is 7.59. The first-order valence-electron chi connectivity index (χ1n) is 9.79. The summed E-state index contributed by atoms with van der Waals surface area (Å²) in [6.07, 6.45) is 5.09. The van der Waals surface area contributed by atoms with Gasteiger partial charge in [-0.15, -0.1) is 11.8 Å². The monoisotopic (exact) mass is 383 g/mol. The standard InChI is InChI=1S/C17H31N6O2S/c1-12(7-18-8-13-3-2-5-25-13)14-9-22(4-6-26-14)16-15-17(20-10-19-16)23(24)11-21-15/h9,12-13,15-21H,2-8,10-11H2,1H3/q+1/t12-,13-,15?,16?,17?/m1/s1. The molecule has 3 unspecified atom stereocenters. The molecule has 0 aromatic heterocycles. The highest BCUT2D eigenvalue weighted by Crippen LogP contribution is 2.30. The predicted octanol–water partition coefficient (Wildman–Crippen LogP) is -0.208. The lowest BCUT2D eigenvalue weighted by Gasteiger charge is -2.41. The van der Waals surface area contributed by atoms with E-state index >= 15 is 0 Å². The van der Waals surface area contributed by atoms with E-state index in [4.69, 9.17) is 4.74 Å². The maximum Gasteiger partial charge on any atom is 0.276 e. The van der Waals surface area contributed by atoms with Crippen molar-refractivity contribution < 1.29 is 9.50 Å². The highest BCUT2D eigenvalue weighted by molar-refractivity contribution is 8.03. The first-order valence-corrected chi connectivity index (χ1v) is 10.8. The van der Waals surface area contributed by atoms with Crippen LogP contribution >= 0.6 is 11.8 Å². The van der Waals surface area contributed by atoms with Crippen LogP contribution in [0.2, 0.25) is 0 Å². The van der Waals surface area contributed by atoms with Gasteiger partial charge in [-0.25, -0.2) is 10.6 Å². The topological polar surface area (TPSA) is 80.7 Å². The molecule has 0 aromatic rings. The third kappa shape index (κ3) is 4.07. The number of nitrogens with one attached hydrogen (secondary N) is 4. The maximum absolute atomic E-state index is 11.9. The van der Waals surface area contributed by atoms with Gasteiger partial charge in [0, 0.05) is 58.7 Å². The number of nitrogens with zero attached hydrogens (tertiary/aromatic N) is 2. The van der Waals surface area contributed by atoms with Gasteiger partial charge in [0.15, 0.2) is 0 Å². The molecule has 4 N–H and O–H groups in total. The van der Waals surface area contributed by atoms with Gasteiger partial charge in [0.2, 0.25) is 6.67 Å². The van der Waals surface area contributed by atoms with E-state index in [1.807, 2.05) is 11.8 Å². The lowest BCUT2D eigenvalue weighted by molar-refractivity contribution is -0.574. The van der Waals surface area contributed by atoms with Crippen molar-refractivity contribution in [2.45, 2.75) is 44.2 Å². The summed E-state index contributed by atoms with van der Waals surface area (Å²) < 4.78 is 6.79. The van der Waals surface area contributed by atoms with E-state index in [9.17, 15) is 4.91 Å². The van der Waals surface area contributed by atoms with E-state index in [-0.39, 0.29) is 18.4 Å². The molecule has 0 bridgehead atoms.